The molecule has 0 aliphatic heterocycles. The summed E-state index contributed by atoms with van der Waals surface area (Å²) >= 11 is 0. The molecular weight excluding hydrogens is 246 g/mol. The minimum atomic E-state index is 0. The maximum absolute atomic E-state index is 3.76. The summed E-state index contributed by atoms with van der Waals surface area (Å²) in [5.41, 5.74) is 1.44. The van der Waals surface area contributed by atoms with Gasteiger partial charge in [0.05, 0.1) is 0 Å². The average Bonchev–Trinajstić information content (AvgIpc) is 2.14. The molecule has 0 amide bonds. The minimum Gasteiger partial charge on any atom is -0.339 e. The molecule has 0 spiro atoms. The van der Waals surface area contributed by atoms with E-state index in [1.807, 2.05) is 0 Å². The SMILES string of the molecule is Cl.Cl.[CH2-]CC1=CC=CC1.[Zr]. The van der Waals surface area contributed by atoms with Crippen molar-refractivity contribution < 1.29 is 26.2 Å². The fraction of sp³-hybridized carbons (Fsp3) is 0.286. The van der Waals surface area contributed by atoms with E-state index in [2.05, 4.69) is 25.2 Å². The van der Waals surface area contributed by atoms with Crippen molar-refractivity contribution in [2.24, 2.45) is 0 Å². The molecule has 0 aromatic carbocycles. The minimum absolute atomic E-state index is 0. The predicted octanol–water partition coefficient (Wildman–Crippen LogP) is 2.94. The van der Waals surface area contributed by atoms with Crippen LogP contribution in [0.4, 0.5) is 0 Å². The van der Waals surface area contributed by atoms with E-state index in [0.717, 1.165) is 12.8 Å². The molecule has 0 fully saturated rings. The van der Waals surface area contributed by atoms with Gasteiger partial charge >= 0.3 is 0 Å². The molecule has 0 atom stereocenters. The quantitative estimate of drug-likeness (QED) is 0.634. The van der Waals surface area contributed by atoms with Gasteiger partial charge in [-0.15, -0.1) is 24.8 Å². The van der Waals surface area contributed by atoms with Gasteiger partial charge in [-0.25, -0.2) is 0 Å². The molecule has 0 saturated carbocycles. The van der Waals surface area contributed by atoms with Crippen molar-refractivity contribution in [1.82, 2.24) is 0 Å². The van der Waals surface area contributed by atoms with Crippen LogP contribution >= 0.6 is 24.8 Å². The van der Waals surface area contributed by atoms with Crippen LogP contribution in [0.25, 0.3) is 0 Å². The molecule has 0 heterocycles. The van der Waals surface area contributed by atoms with Gasteiger partial charge in [0, 0.05) is 26.2 Å². The largest absolute Gasteiger partial charge is 0.339 e. The second-order valence-electron chi connectivity index (χ2n) is 1.71. The van der Waals surface area contributed by atoms with Gasteiger partial charge in [0.1, 0.15) is 0 Å². The molecule has 58 valence electrons. The number of rotatable bonds is 1. The van der Waals surface area contributed by atoms with Crippen molar-refractivity contribution in [2.75, 3.05) is 0 Å². The average molecular weight is 257 g/mol. The van der Waals surface area contributed by atoms with E-state index in [1.54, 1.807) is 0 Å². The molecule has 0 aromatic heterocycles. The molecule has 0 unspecified atom stereocenters. The van der Waals surface area contributed by atoms with Crippen molar-refractivity contribution in [3.8, 4) is 0 Å². The topological polar surface area (TPSA) is 0 Å². The third-order valence-corrected chi connectivity index (χ3v) is 1.17. The first-order chi connectivity index (χ1) is 3.43. The Hall–Kier alpha value is 0.943. The Morgan fingerprint density at radius 2 is 2.00 bits per heavy atom. The van der Waals surface area contributed by atoms with Gasteiger partial charge in [-0.2, -0.15) is 6.42 Å². The first-order valence-electron chi connectivity index (χ1n) is 2.57. The molecule has 1 aliphatic rings. The number of allylic oxidation sites excluding steroid dienone is 4. The Labute approximate surface area is 94.1 Å². The van der Waals surface area contributed by atoms with Gasteiger partial charge in [-0.1, -0.05) is 23.8 Å². The van der Waals surface area contributed by atoms with Crippen LogP contribution in [0.5, 0.6) is 0 Å². The van der Waals surface area contributed by atoms with E-state index in [4.69, 9.17) is 0 Å². The first kappa shape index (κ1) is 17.1. The van der Waals surface area contributed by atoms with E-state index >= 15 is 0 Å². The number of halogens is 2. The van der Waals surface area contributed by atoms with Crippen LogP contribution in [0.2, 0.25) is 0 Å². The molecule has 0 saturated heterocycles. The van der Waals surface area contributed by atoms with Crippen molar-refractivity contribution in [3.63, 3.8) is 0 Å². The van der Waals surface area contributed by atoms with Gasteiger partial charge in [0.25, 0.3) is 0 Å². The molecule has 0 aromatic rings. The molecule has 10 heavy (non-hydrogen) atoms. The van der Waals surface area contributed by atoms with Gasteiger partial charge in [0.15, 0.2) is 0 Å². The predicted molar refractivity (Wildman–Crippen MR) is 46.3 cm³/mol. The van der Waals surface area contributed by atoms with E-state index < -0.39 is 0 Å². The van der Waals surface area contributed by atoms with Gasteiger partial charge < -0.3 is 6.92 Å². The summed E-state index contributed by atoms with van der Waals surface area (Å²) in [6, 6.07) is 0. The molecule has 0 radical (unpaired) electrons. The molecule has 3 heteroatoms. The van der Waals surface area contributed by atoms with Gasteiger partial charge in [-0.3, -0.25) is 0 Å². The zero-order chi connectivity index (χ0) is 5.11. The zero-order valence-electron chi connectivity index (χ0n) is 5.67. The standard InChI is InChI=1S/C7H9.2ClH.Zr/c1-2-7-5-3-4-6-7;;;/h3-5H,1-2,6H2;2*1H;/q-1;;;. The second kappa shape index (κ2) is 9.94. The van der Waals surface area contributed by atoms with Gasteiger partial charge in [0.2, 0.25) is 0 Å². The monoisotopic (exact) mass is 255 g/mol. The van der Waals surface area contributed by atoms with E-state index in [9.17, 15) is 0 Å². The van der Waals surface area contributed by atoms with Crippen LogP contribution in [0.15, 0.2) is 23.8 Å². The van der Waals surface area contributed by atoms with Gasteiger partial charge in [-0.05, 0) is 6.42 Å². The maximum atomic E-state index is 3.76. The summed E-state index contributed by atoms with van der Waals surface area (Å²) in [5, 5.41) is 0. The molecule has 0 N–H and O–H groups in total. The van der Waals surface area contributed by atoms with Crippen LogP contribution in [0.1, 0.15) is 12.8 Å². The van der Waals surface area contributed by atoms with Crippen LogP contribution in [-0.4, -0.2) is 0 Å². The first-order valence-corrected chi connectivity index (χ1v) is 2.57. The Morgan fingerprint density at radius 3 is 2.20 bits per heavy atom. The zero-order valence-corrected chi connectivity index (χ0v) is 9.76. The van der Waals surface area contributed by atoms with E-state index in [-0.39, 0.29) is 51.0 Å². The van der Waals surface area contributed by atoms with E-state index in [0.29, 0.717) is 0 Å². The smallest absolute Gasteiger partial charge is 0 e. The van der Waals surface area contributed by atoms with Crippen LogP contribution in [0.3, 0.4) is 0 Å². The van der Waals surface area contributed by atoms with E-state index in [1.165, 1.54) is 5.57 Å². The molecule has 0 bridgehead atoms. The summed E-state index contributed by atoms with van der Waals surface area (Å²) in [6.07, 6.45) is 8.46. The summed E-state index contributed by atoms with van der Waals surface area (Å²) in [5.74, 6) is 0. The molecule has 1 aliphatic carbocycles. The van der Waals surface area contributed by atoms with Crippen molar-refractivity contribution in [2.45, 2.75) is 12.8 Å². The molecule has 1 rings (SSSR count). The maximum Gasteiger partial charge on any atom is 0 e. The Morgan fingerprint density at radius 1 is 1.40 bits per heavy atom. The number of hydrogen-bond acceptors (Lipinski definition) is 0. The third kappa shape index (κ3) is 5.71. The summed E-state index contributed by atoms with van der Waals surface area (Å²) in [7, 11) is 0. The normalized spacial score (nSPS) is 12.3. The van der Waals surface area contributed by atoms with Crippen LogP contribution in [-0.2, 0) is 26.2 Å². The van der Waals surface area contributed by atoms with Crippen molar-refractivity contribution in [1.29, 1.82) is 0 Å². The van der Waals surface area contributed by atoms with Crippen LogP contribution in [0, 0.1) is 6.92 Å². The Balaban J connectivity index is -0.000000163. The fourth-order valence-electron chi connectivity index (χ4n) is 0.677. The van der Waals surface area contributed by atoms with Crippen LogP contribution < -0.4 is 0 Å². The molecule has 0 nitrogen and oxygen atoms in total. The third-order valence-electron chi connectivity index (χ3n) is 1.17. The van der Waals surface area contributed by atoms with Crippen molar-refractivity contribution >= 4 is 24.8 Å². The molecular formula is C7H11Cl2Zr-. The summed E-state index contributed by atoms with van der Waals surface area (Å²) < 4.78 is 0. The summed E-state index contributed by atoms with van der Waals surface area (Å²) in [4.78, 5) is 0. The summed E-state index contributed by atoms with van der Waals surface area (Å²) in [6.45, 7) is 3.76. The Kier molecular flexibility index (Phi) is 17.1. The number of hydrogen-bond donors (Lipinski definition) is 0. The second-order valence-corrected chi connectivity index (χ2v) is 1.71. The van der Waals surface area contributed by atoms with Crippen molar-refractivity contribution in [3.05, 3.63) is 30.7 Å². The fourth-order valence-corrected chi connectivity index (χ4v) is 0.677. The Bertz CT molecular complexity index is 119.